The van der Waals surface area contributed by atoms with Crippen LogP contribution in [0.1, 0.15) is 77.6 Å². The molecule has 18 heteroatoms. The Kier molecular flexibility index (Phi) is 12.1. The number of methoxy groups -OCH3 is 2. The quantitative estimate of drug-likeness (QED) is 0.129. The standard InChI is InChI=1S/C27H27N3O4S.C25H25N5O4S/c1-16-4-5-19(10-16)34-27(31)25-22-14-33-24-12-23(32-3)20(17-6-8-29(2)13-17)11-21(24)26(22)30(28-25)18-7-9-35-15-18;1-29-7-5-20(27-29)17-10-18-22(11-21(17)32-2)33-12-19-23(25(31)34-16-4-3-14(26)9-16)28-30(24(18)19)15-6-8-35-13-15/h6-9,11-13,15-16,19H,4-5,10,14H2,1-3H3;5-8,10-11,13-14,16H,3-4,9,12,26H2,1-2H3/t16-,19-;14-,16-/m00/s1. The average molecular weight is 981 g/mol. The third kappa shape index (κ3) is 8.42. The fourth-order valence-electron chi connectivity index (χ4n) is 9.96. The maximum Gasteiger partial charge on any atom is 0.359 e. The highest BCUT2D eigenvalue weighted by Gasteiger charge is 2.36. The Bertz CT molecular complexity index is 3020. The van der Waals surface area contributed by atoms with Crippen LogP contribution in [0.15, 0.2) is 88.6 Å². The van der Waals surface area contributed by atoms with Gasteiger partial charge in [0.2, 0.25) is 0 Å². The Morgan fingerprint density at radius 3 is 1.73 bits per heavy atom. The van der Waals surface area contributed by atoms with Gasteiger partial charge in [0.1, 0.15) is 48.4 Å². The van der Waals surface area contributed by atoms with Crippen molar-refractivity contribution in [3.05, 3.63) is 111 Å². The molecule has 2 saturated carbocycles. The van der Waals surface area contributed by atoms with Gasteiger partial charge in [-0.25, -0.2) is 19.0 Å². The molecule has 0 amide bonds. The minimum Gasteiger partial charge on any atom is -0.496 e. The Labute approximate surface area is 412 Å². The van der Waals surface area contributed by atoms with Crippen molar-refractivity contribution in [1.82, 2.24) is 33.9 Å². The molecule has 0 bridgehead atoms. The Morgan fingerprint density at radius 1 is 0.686 bits per heavy atom. The van der Waals surface area contributed by atoms with E-state index in [2.05, 4.69) is 30.4 Å². The Morgan fingerprint density at radius 2 is 1.26 bits per heavy atom. The molecule has 360 valence electrons. The van der Waals surface area contributed by atoms with Gasteiger partial charge in [0, 0.05) is 89.4 Å². The molecular formula is C52H52N8O8S2. The SMILES string of the molecule is COc1cc2c(cc1-c1ccn(C)c1)-c1c(c(C(=O)O[C@H]3CC[C@H](C)C3)nn1-c1ccsc1)CO2.COc1cc2c(cc1-c1ccn(C)n1)-c1c(c(C(=O)O[C@H]3CC[C@H](N)C3)nn1-c1ccsc1)CO2. The summed E-state index contributed by atoms with van der Waals surface area (Å²) in [5.74, 6) is 2.51. The Balaban J connectivity index is 0.000000152. The van der Waals surface area contributed by atoms with Gasteiger partial charge >= 0.3 is 11.9 Å². The van der Waals surface area contributed by atoms with Crippen molar-refractivity contribution in [2.24, 2.45) is 25.7 Å². The van der Waals surface area contributed by atoms with Crippen molar-refractivity contribution in [3.8, 4) is 79.3 Å². The van der Waals surface area contributed by atoms with Crippen LogP contribution < -0.4 is 24.7 Å². The number of hydrogen-bond acceptors (Lipinski definition) is 14. The van der Waals surface area contributed by atoms with E-state index in [1.807, 2.05) is 93.7 Å². The van der Waals surface area contributed by atoms with E-state index in [0.29, 0.717) is 40.8 Å². The summed E-state index contributed by atoms with van der Waals surface area (Å²) in [5.41, 5.74) is 16.8. The molecule has 2 fully saturated rings. The van der Waals surface area contributed by atoms with Crippen molar-refractivity contribution in [3.63, 3.8) is 0 Å². The molecule has 2 aliphatic heterocycles. The van der Waals surface area contributed by atoms with Crippen LogP contribution in [0.4, 0.5) is 0 Å². The predicted octanol–water partition coefficient (Wildman–Crippen LogP) is 9.79. The van der Waals surface area contributed by atoms with Gasteiger partial charge in [-0.15, -0.1) is 0 Å². The summed E-state index contributed by atoms with van der Waals surface area (Å²) in [6.07, 6.45) is 10.9. The lowest BCUT2D eigenvalue weighted by Crippen LogP contribution is -2.21. The number of ether oxygens (including phenoxy) is 6. The molecule has 12 rings (SSSR count). The molecule has 8 aromatic rings. The van der Waals surface area contributed by atoms with Crippen LogP contribution in [0.25, 0.3) is 56.3 Å². The molecule has 4 atom stereocenters. The predicted molar refractivity (Wildman–Crippen MR) is 265 cm³/mol. The third-order valence-electron chi connectivity index (χ3n) is 13.5. The number of nitrogens with zero attached hydrogens (tertiary/aromatic N) is 7. The smallest absolute Gasteiger partial charge is 0.359 e. The fourth-order valence-corrected chi connectivity index (χ4v) is 11.2. The number of carbonyl (C=O) groups is 2. The van der Waals surface area contributed by atoms with Crippen molar-refractivity contribution >= 4 is 34.6 Å². The van der Waals surface area contributed by atoms with Gasteiger partial charge in [0.15, 0.2) is 11.4 Å². The maximum absolute atomic E-state index is 13.3. The van der Waals surface area contributed by atoms with Crippen LogP contribution in [-0.2, 0) is 36.8 Å². The number of thiophene rings is 2. The van der Waals surface area contributed by atoms with Crippen LogP contribution in [0, 0.1) is 5.92 Å². The second-order valence-corrected chi connectivity index (χ2v) is 19.9. The second-order valence-electron chi connectivity index (χ2n) is 18.3. The molecule has 0 saturated heterocycles. The van der Waals surface area contributed by atoms with E-state index in [9.17, 15) is 9.59 Å². The van der Waals surface area contributed by atoms with E-state index in [1.54, 1.807) is 46.3 Å². The topological polar surface area (TPSA) is 174 Å². The number of nitrogens with two attached hydrogens (primary N) is 1. The van der Waals surface area contributed by atoms with Crippen molar-refractivity contribution in [2.45, 2.75) is 76.9 Å². The van der Waals surface area contributed by atoms with E-state index in [1.165, 1.54) is 0 Å². The first-order valence-corrected chi connectivity index (χ1v) is 25.2. The van der Waals surface area contributed by atoms with Crippen molar-refractivity contribution < 1.29 is 38.0 Å². The van der Waals surface area contributed by atoms with Crippen molar-refractivity contribution in [1.29, 1.82) is 0 Å². The van der Waals surface area contributed by atoms with Crippen LogP contribution >= 0.6 is 22.7 Å². The molecule has 70 heavy (non-hydrogen) atoms. The van der Waals surface area contributed by atoms with Gasteiger partial charge in [-0.2, -0.15) is 38.0 Å². The summed E-state index contributed by atoms with van der Waals surface area (Å²) in [4.78, 5) is 26.5. The minimum absolute atomic E-state index is 0.0508. The van der Waals surface area contributed by atoms with E-state index in [-0.39, 0.29) is 43.1 Å². The summed E-state index contributed by atoms with van der Waals surface area (Å²) in [5, 5.41) is 22.1. The molecular weight excluding hydrogens is 929 g/mol. The van der Waals surface area contributed by atoms with E-state index in [4.69, 9.17) is 44.4 Å². The number of benzene rings is 2. The number of rotatable bonds is 10. The van der Waals surface area contributed by atoms with Crippen LogP contribution in [0.2, 0.25) is 0 Å². The lowest BCUT2D eigenvalue weighted by molar-refractivity contribution is 0.0292. The molecule has 0 radical (unpaired) electrons. The van der Waals surface area contributed by atoms with Crippen LogP contribution in [0.3, 0.4) is 0 Å². The average Bonchev–Trinajstić information content (AvgIpc) is 4.21. The maximum atomic E-state index is 13.3. The Hall–Kier alpha value is -7.15. The van der Waals surface area contributed by atoms with Gasteiger partial charge in [0.25, 0.3) is 0 Å². The zero-order valence-corrected chi connectivity index (χ0v) is 41.0. The lowest BCUT2D eigenvalue weighted by atomic mass is 9.97. The van der Waals surface area contributed by atoms with Crippen LogP contribution in [-0.4, -0.2) is 78.3 Å². The van der Waals surface area contributed by atoms with Gasteiger partial charge < -0.3 is 38.7 Å². The molecule has 2 N–H and O–H groups in total. The number of aryl methyl sites for hydroxylation is 2. The summed E-state index contributed by atoms with van der Waals surface area (Å²) in [6.45, 7) is 2.64. The number of esters is 2. The summed E-state index contributed by atoms with van der Waals surface area (Å²) in [7, 11) is 7.15. The third-order valence-corrected chi connectivity index (χ3v) is 14.8. The molecule has 2 aliphatic carbocycles. The van der Waals surface area contributed by atoms with E-state index in [0.717, 1.165) is 99.7 Å². The molecule has 6 aromatic heterocycles. The number of aromatic nitrogens is 7. The van der Waals surface area contributed by atoms with E-state index >= 15 is 0 Å². The lowest BCUT2D eigenvalue weighted by Gasteiger charge is -2.22. The van der Waals surface area contributed by atoms with Gasteiger partial charge in [-0.3, -0.25) is 4.68 Å². The summed E-state index contributed by atoms with van der Waals surface area (Å²) < 4.78 is 42.7. The van der Waals surface area contributed by atoms with Gasteiger partial charge in [-0.05, 0) is 91.6 Å². The summed E-state index contributed by atoms with van der Waals surface area (Å²) in [6, 6.07) is 15.9. The highest BCUT2D eigenvalue weighted by molar-refractivity contribution is 7.08. The molecule has 8 heterocycles. The number of carbonyl (C=O) groups excluding carboxylic acids is 2. The minimum atomic E-state index is -0.445. The molecule has 0 spiro atoms. The van der Waals surface area contributed by atoms with Gasteiger partial charge in [-0.1, -0.05) is 6.92 Å². The molecule has 16 nitrogen and oxygen atoms in total. The summed E-state index contributed by atoms with van der Waals surface area (Å²) >= 11 is 3.15. The van der Waals surface area contributed by atoms with Gasteiger partial charge in [0.05, 0.1) is 53.8 Å². The first-order valence-electron chi connectivity index (χ1n) is 23.3. The first kappa shape index (κ1) is 45.3. The number of hydrogen-bond donors (Lipinski definition) is 1. The highest BCUT2D eigenvalue weighted by Crippen LogP contribution is 2.48. The van der Waals surface area contributed by atoms with Crippen molar-refractivity contribution in [2.75, 3.05) is 14.2 Å². The largest absolute Gasteiger partial charge is 0.496 e. The van der Waals surface area contributed by atoms with E-state index < -0.39 is 5.97 Å². The first-order chi connectivity index (χ1) is 34.0. The number of fused-ring (bicyclic) bond motifs is 6. The van der Waals surface area contributed by atoms with Crippen LogP contribution in [0.5, 0.6) is 23.0 Å². The normalized spacial score (nSPS) is 18.6. The molecule has 4 aliphatic rings. The molecule has 2 aromatic carbocycles. The second kappa shape index (κ2) is 18.6. The zero-order valence-electron chi connectivity index (χ0n) is 39.4. The highest BCUT2D eigenvalue weighted by atomic mass is 32.1. The zero-order chi connectivity index (χ0) is 48.2. The monoisotopic (exact) mass is 980 g/mol. The fraction of sp³-hybridized carbons (Fsp3) is 0.327. The molecule has 0 unspecified atom stereocenters.